The van der Waals surface area contributed by atoms with E-state index < -0.39 is 0 Å². The summed E-state index contributed by atoms with van der Waals surface area (Å²) in [6, 6.07) is 9.49. The Morgan fingerprint density at radius 2 is 2.22 bits per heavy atom. The van der Waals surface area contributed by atoms with E-state index in [4.69, 9.17) is 22.1 Å². The molecule has 0 radical (unpaired) electrons. The molecule has 1 atom stereocenters. The van der Waals surface area contributed by atoms with Crippen LogP contribution < -0.4 is 10.5 Å². The Labute approximate surface area is 111 Å². The van der Waals surface area contributed by atoms with Crippen LogP contribution in [0.25, 0.3) is 0 Å². The van der Waals surface area contributed by atoms with E-state index in [9.17, 15) is 0 Å². The molecule has 2 aromatic rings. The van der Waals surface area contributed by atoms with Crippen molar-refractivity contribution in [2.75, 3.05) is 6.54 Å². The summed E-state index contributed by atoms with van der Waals surface area (Å²) in [4.78, 5) is 4.40. The predicted molar refractivity (Wildman–Crippen MR) is 71.3 cm³/mol. The minimum Gasteiger partial charge on any atom is -0.455 e. The minimum atomic E-state index is 0.184. The molecule has 2 N–H and O–H groups in total. The number of hydrogen-bond donors (Lipinski definition) is 1. The molecule has 4 heteroatoms. The fourth-order valence-electron chi connectivity index (χ4n) is 2.26. The van der Waals surface area contributed by atoms with Crippen molar-refractivity contribution in [2.45, 2.75) is 12.3 Å². The number of ether oxygens (including phenoxy) is 1. The van der Waals surface area contributed by atoms with Gasteiger partial charge in [0.15, 0.2) is 0 Å². The van der Waals surface area contributed by atoms with Gasteiger partial charge in [-0.05, 0) is 36.2 Å². The first-order valence-electron chi connectivity index (χ1n) is 5.89. The average molecular weight is 261 g/mol. The lowest BCUT2D eigenvalue weighted by atomic mass is 9.96. The normalized spacial score (nSPS) is 17.3. The van der Waals surface area contributed by atoms with Gasteiger partial charge in [-0.1, -0.05) is 17.7 Å². The number of fused-ring (bicyclic) bond motifs is 2. The Bertz CT molecular complexity index is 586. The molecular formula is C14H13ClN2O. The summed E-state index contributed by atoms with van der Waals surface area (Å²) in [6.45, 7) is 0.551. The Morgan fingerprint density at radius 3 is 3.06 bits per heavy atom. The van der Waals surface area contributed by atoms with E-state index in [0.717, 1.165) is 29.2 Å². The molecule has 0 bridgehead atoms. The predicted octanol–water partition coefficient (Wildman–Crippen LogP) is 3.13. The lowest BCUT2D eigenvalue weighted by Crippen LogP contribution is -2.15. The van der Waals surface area contributed by atoms with Gasteiger partial charge in [0.05, 0.1) is 5.69 Å². The highest BCUT2D eigenvalue weighted by molar-refractivity contribution is 6.30. The lowest BCUT2D eigenvalue weighted by molar-refractivity contribution is 0.474. The fraction of sp³-hybridized carbons (Fsp3) is 0.214. The van der Waals surface area contributed by atoms with Gasteiger partial charge in [-0.25, -0.2) is 0 Å². The maximum atomic E-state index is 6.01. The highest BCUT2D eigenvalue weighted by atomic mass is 35.5. The maximum absolute atomic E-state index is 6.01. The second kappa shape index (κ2) is 4.59. The molecule has 3 nitrogen and oxygen atoms in total. The maximum Gasteiger partial charge on any atom is 0.149 e. The van der Waals surface area contributed by atoms with Crippen LogP contribution in [0.1, 0.15) is 17.2 Å². The van der Waals surface area contributed by atoms with Gasteiger partial charge < -0.3 is 10.5 Å². The summed E-state index contributed by atoms with van der Waals surface area (Å²) >= 11 is 6.01. The Morgan fingerprint density at radius 1 is 1.33 bits per heavy atom. The second-order valence-electron chi connectivity index (χ2n) is 4.38. The number of rotatable bonds is 1. The standard InChI is InChI=1S/C14H13ClN2O/c15-11-4-3-9-6-10(8-16)14-12(2-1-5-17-14)18-13(9)7-11/h1-5,7,10H,6,8,16H2/t10-/m1/s1. The van der Waals surface area contributed by atoms with Crippen LogP contribution in [0, 0.1) is 0 Å². The molecule has 1 aliphatic heterocycles. The molecule has 0 aliphatic carbocycles. The third kappa shape index (κ3) is 1.96. The zero-order valence-corrected chi connectivity index (χ0v) is 10.5. The van der Waals surface area contributed by atoms with Crippen LogP contribution in [-0.2, 0) is 6.42 Å². The van der Waals surface area contributed by atoms with E-state index in [1.807, 2.05) is 30.3 Å². The van der Waals surface area contributed by atoms with Crippen molar-refractivity contribution in [1.29, 1.82) is 0 Å². The van der Waals surface area contributed by atoms with Crippen LogP contribution in [0.5, 0.6) is 11.5 Å². The van der Waals surface area contributed by atoms with E-state index in [-0.39, 0.29) is 5.92 Å². The first-order chi connectivity index (χ1) is 8.78. The Hall–Kier alpha value is -1.58. The van der Waals surface area contributed by atoms with Gasteiger partial charge in [-0.2, -0.15) is 0 Å². The van der Waals surface area contributed by atoms with Gasteiger partial charge in [0.25, 0.3) is 0 Å². The molecular weight excluding hydrogens is 248 g/mol. The molecule has 0 fully saturated rings. The van der Waals surface area contributed by atoms with E-state index in [0.29, 0.717) is 11.6 Å². The number of benzene rings is 1. The molecule has 0 amide bonds. The number of aromatic nitrogens is 1. The number of halogens is 1. The smallest absolute Gasteiger partial charge is 0.149 e. The van der Waals surface area contributed by atoms with Crippen molar-refractivity contribution in [3.63, 3.8) is 0 Å². The summed E-state index contributed by atoms with van der Waals surface area (Å²) in [7, 11) is 0. The number of hydrogen-bond acceptors (Lipinski definition) is 3. The highest BCUT2D eigenvalue weighted by Gasteiger charge is 2.23. The molecule has 0 saturated carbocycles. The van der Waals surface area contributed by atoms with Gasteiger partial charge in [-0.3, -0.25) is 4.98 Å². The van der Waals surface area contributed by atoms with Crippen LogP contribution in [0.2, 0.25) is 5.02 Å². The monoisotopic (exact) mass is 260 g/mol. The fourth-order valence-corrected chi connectivity index (χ4v) is 2.43. The zero-order chi connectivity index (χ0) is 12.5. The molecule has 3 rings (SSSR count). The van der Waals surface area contributed by atoms with Crippen LogP contribution in [0.3, 0.4) is 0 Å². The van der Waals surface area contributed by atoms with E-state index in [1.165, 1.54) is 0 Å². The van der Waals surface area contributed by atoms with Crippen LogP contribution in [0.4, 0.5) is 0 Å². The molecule has 1 aliphatic rings. The summed E-state index contributed by atoms with van der Waals surface area (Å²) < 4.78 is 5.91. The second-order valence-corrected chi connectivity index (χ2v) is 4.81. The van der Waals surface area contributed by atoms with Gasteiger partial charge in [-0.15, -0.1) is 0 Å². The lowest BCUT2D eigenvalue weighted by Gasteiger charge is -2.12. The summed E-state index contributed by atoms with van der Waals surface area (Å²) in [6.07, 6.45) is 2.60. The molecule has 1 aromatic carbocycles. The summed E-state index contributed by atoms with van der Waals surface area (Å²) in [5.41, 5.74) is 7.89. The van der Waals surface area contributed by atoms with Crippen molar-refractivity contribution < 1.29 is 4.74 Å². The third-order valence-electron chi connectivity index (χ3n) is 3.19. The summed E-state index contributed by atoms with van der Waals surface area (Å²) in [5.74, 6) is 1.75. The topological polar surface area (TPSA) is 48.1 Å². The first-order valence-corrected chi connectivity index (χ1v) is 6.27. The first kappa shape index (κ1) is 11.5. The molecule has 18 heavy (non-hydrogen) atoms. The van der Waals surface area contributed by atoms with Gasteiger partial charge >= 0.3 is 0 Å². The zero-order valence-electron chi connectivity index (χ0n) is 9.77. The largest absolute Gasteiger partial charge is 0.455 e. The number of pyridine rings is 1. The van der Waals surface area contributed by atoms with E-state index in [1.54, 1.807) is 6.20 Å². The van der Waals surface area contributed by atoms with E-state index in [2.05, 4.69) is 4.98 Å². The molecule has 2 heterocycles. The average Bonchev–Trinajstić information content (AvgIpc) is 2.54. The van der Waals surface area contributed by atoms with Crippen molar-refractivity contribution >= 4 is 11.6 Å². The third-order valence-corrected chi connectivity index (χ3v) is 3.42. The molecule has 92 valence electrons. The molecule has 0 spiro atoms. The number of nitrogens with zero attached hydrogens (tertiary/aromatic N) is 1. The van der Waals surface area contributed by atoms with Gasteiger partial charge in [0, 0.05) is 23.7 Å². The van der Waals surface area contributed by atoms with E-state index >= 15 is 0 Å². The van der Waals surface area contributed by atoms with Crippen molar-refractivity contribution in [3.8, 4) is 11.5 Å². The van der Waals surface area contributed by atoms with Gasteiger partial charge in [0.2, 0.25) is 0 Å². The molecule has 0 unspecified atom stereocenters. The number of nitrogens with two attached hydrogens (primary N) is 1. The Balaban J connectivity index is 2.13. The van der Waals surface area contributed by atoms with Crippen molar-refractivity contribution in [1.82, 2.24) is 4.98 Å². The van der Waals surface area contributed by atoms with Crippen LogP contribution in [0.15, 0.2) is 36.5 Å². The Kier molecular flexibility index (Phi) is 2.94. The summed E-state index contributed by atoms with van der Waals surface area (Å²) in [5, 5.41) is 0.672. The quantitative estimate of drug-likeness (QED) is 0.857. The molecule has 0 saturated heterocycles. The van der Waals surface area contributed by atoms with Gasteiger partial charge in [0.1, 0.15) is 11.5 Å². The van der Waals surface area contributed by atoms with Crippen LogP contribution >= 0.6 is 11.6 Å². The van der Waals surface area contributed by atoms with Crippen molar-refractivity contribution in [2.24, 2.45) is 5.73 Å². The molecule has 1 aromatic heterocycles. The van der Waals surface area contributed by atoms with Crippen molar-refractivity contribution in [3.05, 3.63) is 52.8 Å². The van der Waals surface area contributed by atoms with Crippen LogP contribution in [-0.4, -0.2) is 11.5 Å². The minimum absolute atomic E-state index is 0.184. The SMILES string of the molecule is NC[C@H]1Cc2ccc(Cl)cc2Oc2cccnc21. The highest BCUT2D eigenvalue weighted by Crippen LogP contribution is 2.38.